The van der Waals surface area contributed by atoms with E-state index in [4.69, 9.17) is 0 Å². The van der Waals surface area contributed by atoms with E-state index in [1.807, 2.05) is 0 Å². The smallest absolute Gasteiger partial charge is 0.315 e. The van der Waals surface area contributed by atoms with Gasteiger partial charge in [-0.25, -0.2) is 17.2 Å². The van der Waals surface area contributed by atoms with Crippen molar-refractivity contribution in [2.24, 2.45) is 0 Å². The van der Waals surface area contributed by atoms with E-state index in [-0.39, 0.29) is 24.3 Å². The summed E-state index contributed by atoms with van der Waals surface area (Å²) in [6.45, 7) is -1.76. The zero-order valence-electron chi connectivity index (χ0n) is 17.9. The van der Waals surface area contributed by atoms with E-state index in [1.165, 1.54) is 24.4 Å². The van der Waals surface area contributed by atoms with Crippen LogP contribution in [0.1, 0.15) is 30.2 Å². The number of hydrogen-bond acceptors (Lipinski definition) is 5. The molecule has 34 heavy (non-hydrogen) atoms. The zero-order valence-corrected chi connectivity index (χ0v) is 18.7. The number of rotatable bonds is 9. The molecule has 1 aromatic carbocycles. The van der Waals surface area contributed by atoms with E-state index in [9.17, 15) is 31.5 Å². The average Bonchev–Trinajstić information content (AvgIpc) is 3.66. The molecule has 2 fully saturated rings. The number of alkyl halides is 4. The number of nitrogens with zero attached hydrogens (tertiary/aromatic N) is 2. The largest absolute Gasteiger partial charge is 0.386 e. The van der Waals surface area contributed by atoms with Crippen LogP contribution in [0.2, 0.25) is 0 Å². The van der Waals surface area contributed by atoms with Crippen molar-refractivity contribution in [2.45, 2.75) is 42.3 Å². The Morgan fingerprint density at radius 3 is 2.26 bits per heavy atom. The van der Waals surface area contributed by atoms with Crippen LogP contribution in [0.15, 0.2) is 42.6 Å². The maximum absolute atomic E-state index is 15.1. The molecule has 1 amide bonds. The van der Waals surface area contributed by atoms with Gasteiger partial charge < -0.3 is 10.4 Å². The topological polar surface area (TPSA) is 99.6 Å². The molecule has 0 radical (unpaired) electrons. The van der Waals surface area contributed by atoms with Crippen molar-refractivity contribution in [3.63, 3.8) is 0 Å². The third-order valence-corrected chi connectivity index (χ3v) is 8.33. The van der Waals surface area contributed by atoms with Gasteiger partial charge in [0.25, 0.3) is 5.91 Å². The van der Waals surface area contributed by atoms with Gasteiger partial charge in [0, 0.05) is 11.8 Å². The summed E-state index contributed by atoms with van der Waals surface area (Å²) in [6, 6.07) is 7.65. The van der Waals surface area contributed by atoms with Crippen LogP contribution in [0.25, 0.3) is 11.1 Å². The molecular weight excluding hydrogens is 478 g/mol. The fourth-order valence-corrected chi connectivity index (χ4v) is 5.74. The second-order valence-electron chi connectivity index (χ2n) is 8.55. The lowest BCUT2D eigenvalue weighted by molar-refractivity contribution is -0.133. The van der Waals surface area contributed by atoms with Gasteiger partial charge in [-0.3, -0.25) is 9.78 Å². The predicted octanol–water partition coefficient (Wildman–Crippen LogP) is 2.47. The Labute approximate surface area is 193 Å². The van der Waals surface area contributed by atoms with Gasteiger partial charge in [0.2, 0.25) is 10.0 Å². The van der Waals surface area contributed by atoms with E-state index in [0.717, 1.165) is 4.31 Å². The highest BCUT2D eigenvalue weighted by atomic mass is 32.2. The first-order chi connectivity index (χ1) is 16.0. The molecule has 2 atom stereocenters. The molecule has 1 saturated heterocycles. The van der Waals surface area contributed by atoms with Crippen LogP contribution < -0.4 is 5.32 Å². The number of carbonyl (C=O) groups is 1. The van der Waals surface area contributed by atoms with Crippen LogP contribution in [0.3, 0.4) is 0 Å². The van der Waals surface area contributed by atoms with Gasteiger partial charge in [0.05, 0.1) is 30.1 Å². The molecule has 1 saturated carbocycles. The zero-order chi connectivity index (χ0) is 24.7. The number of pyridine rings is 1. The minimum atomic E-state index is -3.43. The number of sulfonamides is 1. The molecule has 12 heteroatoms. The van der Waals surface area contributed by atoms with Gasteiger partial charge in [-0.05, 0) is 30.0 Å². The lowest BCUT2D eigenvalue weighted by Crippen LogP contribution is -2.59. The van der Waals surface area contributed by atoms with Crippen LogP contribution in [-0.4, -0.2) is 66.2 Å². The highest BCUT2D eigenvalue weighted by molar-refractivity contribution is 7.90. The van der Waals surface area contributed by atoms with Crippen LogP contribution >= 0.6 is 0 Å². The number of halogens is 4. The number of aliphatic hydroxyl groups is 1. The number of nitrogens with one attached hydrogen (secondary N) is 1. The number of aliphatic hydroxyl groups excluding tert-OH is 1. The SMILES string of the molecule is O=C(N[C@H](CF)[C@H](O)c1ccc(-c2ccc(C3(F)CN(S(=O)(=O)C4CC4)C3)nc2)cc1)C(F)F. The lowest BCUT2D eigenvalue weighted by Gasteiger charge is -2.42. The third-order valence-electron chi connectivity index (χ3n) is 6.04. The van der Waals surface area contributed by atoms with E-state index in [2.05, 4.69) is 4.98 Å². The number of carbonyl (C=O) groups excluding carboxylic acids is 1. The Hall–Kier alpha value is -2.57. The van der Waals surface area contributed by atoms with Crippen molar-refractivity contribution in [2.75, 3.05) is 19.8 Å². The summed E-state index contributed by atoms with van der Waals surface area (Å²) in [5, 5.41) is 11.6. The molecule has 7 nitrogen and oxygen atoms in total. The molecule has 2 N–H and O–H groups in total. The summed E-state index contributed by atoms with van der Waals surface area (Å²) >= 11 is 0. The number of benzene rings is 1. The van der Waals surface area contributed by atoms with Gasteiger partial charge in [-0.1, -0.05) is 30.3 Å². The Bertz CT molecular complexity index is 1140. The molecule has 2 aliphatic rings. The maximum Gasteiger partial charge on any atom is 0.315 e. The normalized spacial score (nSPS) is 19.9. The number of hydrogen-bond donors (Lipinski definition) is 2. The predicted molar refractivity (Wildman–Crippen MR) is 115 cm³/mol. The van der Waals surface area contributed by atoms with Gasteiger partial charge in [0.15, 0.2) is 5.67 Å². The summed E-state index contributed by atoms with van der Waals surface area (Å²) in [5.41, 5.74) is -0.254. The summed E-state index contributed by atoms with van der Waals surface area (Å²) < 4.78 is 78.6. The lowest BCUT2D eigenvalue weighted by atomic mass is 9.93. The van der Waals surface area contributed by atoms with Crippen molar-refractivity contribution in [3.8, 4) is 11.1 Å². The highest BCUT2D eigenvalue weighted by Gasteiger charge is 2.54. The molecular formula is C22H23F4N3O4S. The van der Waals surface area contributed by atoms with E-state index >= 15 is 4.39 Å². The van der Waals surface area contributed by atoms with Crippen molar-refractivity contribution < 1.29 is 35.9 Å². The molecule has 2 heterocycles. The van der Waals surface area contributed by atoms with Gasteiger partial charge >= 0.3 is 6.43 Å². The van der Waals surface area contributed by atoms with E-state index < -0.39 is 52.1 Å². The Balaban J connectivity index is 1.41. The molecule has 0 spiro atoms. The van der Waals surface area contributed by atoms with Crippen LogP contribution in [-0.2, 0) is 20.5 Å². The first kappa shape index (κ1) is 24.6. The fraction of sp³-hybridized carbons (Fsp3) is 0.455. The van der Waals surface area contributed by atoms with Gasteiger partial charge in [-0.2, -0.15) is 13.1 Å². The molecule has 0 unspecified atom stereocenters. The van der Waals surface area contributed by atoms with Crippen LogP contribution in [0.4, 0.5) is 17.6 Å². The third kappa shape index (κ3) is 4.80. The van der Waals surface area contributed by atoms with Gasteiger partial charge in [0.1, 0.15) is 12.8 Å². The molecule has 0 bridgehead atoms. The quantitative estimate of drug-likeness (QED) is 0.515. The van der Waals surface area contributed by atoms with E-state index in [0.29, 0.717) is 24.0 Å². The first-order valence-corrected chi connectivity index (χ1v) is 12.1. The minimum absolute atomic E-state index is 0.131. The second kappa shape index (κ2) is 9.23. The first-order valence-electron chi connectivity index (χ1n) is 10.6. The molecule has 1 aliphatic heterocycles. The summed E-state index contributed by atoms with van der Waals surface area (Å²) in [4.78, 5) is 15.3. The van der Waals surface area contributed by atoms with Crippen molar-refractivity contribution >= 4 is 15.9 Å². The van der Waals surface area contributed by atoms with E-state index in [1.54, 1.807) is 23.5 Å². The van der Waals surface area contributed by atoms with Crippen molar-refractivity contribution in [3.05, 3.63) is 53.9 Å². The highest BCUT2D eigenvalue weighted by Crippen LogP contribution is 2.41. The maximum atomic E-state index is 15.1. The van der Waals surface area contributed by atoms with Crippen molar-refractivity contribution in [1.82, 2.24) is 14.6 Å². The average molecular weight is 502 g/mol. The molecule has 2 aromatic rings. The van der Waals surface area contributed by atoms with Crippen molar-refractivity contribution in [1.29, 1.82) is 0 Å². The molecule has 1 aliphatic carbocycles. The standard InChI is InChI=1S/C22H23F4N3O4S/c23-9-17(28-21(31)20(24)25)19(30)14-3-1-13(2-4-14)15-5-8-18(27-10-15)22(26)11-29(12-22)34(32,33)16-6-7-16/h1-5,8,10,16-17,19-20,30H,6-7,9,11-12H2,(H,28,31)/t17-,19-/m1/s1. The summed E-state index contributed by atoms with van der Waals surface area (Å²) in [6.07, 6.45) is -2.21. The Kier molecular flexibility index (Phi) is 6.67. The fourth-order valence-electron chi connectivity index (χ4n) is 3.81. The monoisotopic (exact) mass is 501 g/mol. The summed E-state index contributed by atoms with van der Waals surface area (Å²) in [7, 11) is -3.43. The Morgan fingerprint density at radius 1 is 1.15 bits per heavy atom. The molecule has 1 aromatic heterocycles. The van der Waals surface area contributed by atoms with Crippen LogP contribution in [0.5, 0.6) is 0 Å². The molecule has 4 rings (SSSR count). The second-order valence-corrected chi connectivity index (χ2v) is 10.8. The minimum Gasteiger partial charge on any atom is -0.386 e. The number of aromatic nitrogens is 1. The van der Waals surface area contributed by atoms with Gasteiger partial charge in [-0.15, -0.1) is 0 Å². The molecule has 184 valence electrons. The van der Waals surface area contributed by atoms with Crippen LogP contribution in [0, 0.1) is 0 Å². The summed E-state index contributed by atoms with van der Waals surface area (Å²) in [5.74, 6) is -1.67. The number of amides is 1. The Morgan fingerprint density at radius 2 is 1.76 bits per heavy atom.